The smallest absolute Gasteiger partial charge is 0.254 e. The number of hydrogen-bond acceptors (Lipinski definition) is 3. The molecule has 110 valence electrons. The first-order valence-electron chi connectivity index (χ1n) is 6.38. The van der Waals surface area contributed by atoms with E-state index in [4.69, 9.17) is 0 Å². The molecule has 20 heavy (non-hydrogen) atoms. The minimum atomic E-state index is -3.26. The van der Waals surface area contributed by atoms with Crippen LogP contribution in [0.1, 0.15) is 23.2 Å². The van der Waals surface area contributed by atoms with Gasteiger partial charge in [0, 0.05) is 19.1 Å². The molecule has 1 saturated heterocycles. The molecule has 1 aromatic rings. The van der Waals surface area contributed by atoms with Crippen LogP contribution in [0.25, 0.3) is 0 Å². The maximum Gasteiger partial charge on any atom is 0.254 e. The van der Waals surface area contributed by atoms with Crippen molar-refractivity contribution in [3.05, 3.63) is 35.6 Å². The summed E-state index contributed by atoms with van der Waals surface area (Å²) >= 11 is 0. The number of carbonyl (C=O) groups is 1. The molecule has 1 N–H and O–H groups in total. The van der Waals surface area contributed by atoms with E-state index in [1.54, 1.807) is 6.07 Å². The van der Waals surface area contributed by atoms with Crippen LogP contribution in [0.15, 0.2) is 24.3 Å². The lowest BCUT2D eigenvalue weighted by molar-refractivity contribution is 0.0917. The van der Waals surface area contributed by atoms with Crippen LogP contribution in [-0.4, -0.2) is 44.0 Å². The van der Waals surface area contributed by atoms with Crippen molar-refractivity contribution >= 4 is 15.9 Å². The van der Waals surface area contributed by atoms with Gasteiger partial charge in [-0.3, -0.25) is 4.79 Å². The molecule has 1 aliphatic heterocycles. The molecule has 0 aromatic heterocycles. The first-order valence-corrected chi connectivity index (χ1v) is 8.23. The van der Waals surface area contributed by atoms with Crippen molar-refractivity contribution in [3.63, 3.8) is 0 Å². The Morgan fingerprint density at radius 1 is 1.40 bits per heavy atom. The Morgan fingerprint density at radius 3 is 2.75 bits per heavy atom. The Balaban J connectivity index is 2.03. The van der Waals surface area contributed by atoms with Gasteiger partial charge in [-0.25, -0.2) is 17.1 Å². The highest BCUT2D eigenvalue weighted by Gasteiger charge is 2.27. The van der Waals surface area contributed by atoms with Crippen molar-refractivity contribution in [3.8, 4) is 0 Å². The van der Waals surface area contributed by atoms with Crippen LogP contribution >= 0.6 is 0 Å². The lowest BCUT2D eigenvalue weighted by Gasteiger charge is -2.31. The van der Waals surface area contributed by atoms with Crippen molar-refractivity contribution in [2.45, 2.75) is 18.9 Å². The van der Waals surface area contributed by atoms with Gasteiger partial charge >= 0.3 is 0 Å². The number of halogens is 1. The van der Waals surface area contributed by atoms with E-state index >= 15 is 0 Å². The highest BCUT2D eigenvalue weighted by molar-refractivity contribution is 7.88. The summed E-state index contributed by atoms with van der Waals surface area (Å²) in [5, 5.41) is 2.69. The summed E-state index contributed by atoms with van der Waals surface area (Å²) in [4.78, 5) is 12.0. The zero-order chi connectivity index (χ0) is 14.8. The van der Waals surface area contributed by atoms with Crippen LogP contribution in [0.3, 0.4) is 0 Å². The largest absolute Gasteiger partial charge is 0.348 e. The summed E-state index contributed by atoms with van der Waals surface area (Å²) in [5.41, 5.74) is -0.0241. The summed E-state index contributed by atoms with van der Waals surface area (Å²) in [7, 11) is -3.26. The van der Waals surface area contributed by atoms with Gasteiger partial charge in [-0.2, -0.15) is 0 Å². The second-order valence-electron chi connectivity index (χ2n) is 4.91. The number of sulfonamides is 1. The number of hydrogen-bond donors (Lipinski definition) is 1. The standard InChI is InChI=1S/C13H17FN2O3S/c1-20(18,19)16-8-4-5-10(9-16)15-13(17)11-6-2-3-7-12(11)14/h2-3,6-7,10H,4-5,8-9H2,1H3,(H,15,17). The number of benzene rings is 1. The fourth-order valence-electron chi connectivity index (χ4n) is 2.27. The number of amides is 1. The van der Waals surface area contributed by atoms with Gasteiger partial charge in [-0.1, -0.05) is 12.1 Å². The Kier molecular flexibility index (Phi) is 4.39. The Hall–Kier alpha value is -1.47. The topological polar surface area (TPSA) is 66.5 Å². The molecule has 1 amide bonds. The highest BCUT2D eigenvalue weighted by Crippen LogP contribution is 2.14. The van der Waals surface area contributed by atoms with Crippen LogP contribution in [0.4, 0.5) is 4.39 Å². The molecule has 7 heteroatoms. The van der Waals surface area contributed by atoms with E-state index < -0.39 is 21.7 Å². The van der Waals surface area contributed by atoms with Crippen LogP contribution in [0, 0.1) is 5.82 Å². The molecule has 0 bridgehead atoms. The van der Waals surface area contributed by atoms with E-state index in [1.165, 1.54) is 22.5 Å². The third-order valence-corrected chi connectivity index (χ3v) is 4.58. The summed E-state index contributed by atoms with van der Waals surface area (Å²) in [6, 6.07) is 5.44. The summed E-state index contributed by atoms with van der Waals surface area (Å²) in [5.74, 6) is -1.09. The van der Waals surface area contributed by atoms with Gasteiger partial charge in [0.2, 0.25) is 10.0 Å². The second kappa shape index (κ2) is 5.88. The van der Waals surface area contributed by atoms with E-state index in [2.05, 4.69) is 5.32 Å². The predicted molar refractivity (Wildman–Crippen MR) is 73.3 cm³/mol. The maximum absolute atomic E-state index is 13.5. The van der Waals surface area contributed by atoms with E-state index in [-0.39, 0.29) is 18.2 Å². The third kappa shape index (κ3) is 3.55. The van der Waals surface area contributed by atoms with Gasteiger partial charge in [-0.15, -0.1) is 0 Å². The fraction of sp³-hybridized carbons (Fsp3) is 0.462. The molecule has 1 atom stereocenters. The van der Waals surface area contributed by atoms with E-state index in [9.17, 15) is 17.6 Å². The quantitative estimate of drug-likeness (QED) is 0.905. The molecule has 1 heterocycles. The van der Waals surface area contributed by atoms with Crippen molar-refractivity contribution in [1.29, 1.82) is 0 Å². The number of nitrogens with zero attached hydrogens (tertiary/aromatic N) is 1. The lowest BCUT2D eigenvalue weighted by atomic mass is 10.1. The zero-order valence-corrected chi connectivity index (χ0v) is 12.0. The Labute approximate surface area is 117 Å². The minimum absolute atomic E-state index is 0.0241. The van der Waals surface area contributed by atoms with Crippen molar-refractivity contribution in [1.82, 2.24) is 9.62 Å². The van der Waals surface area contributed by atoms with Crippen LogP contribution in [-0.2, 0) is 10.0 Å². The molecule has 1 aliphatic rings. The maximum atomic E-state index is 13.5. The van der Waals surface area contributed by atoms with Crippen molar-refractivity contribution in [2.24, 2.45) is 0 Å². The van der Waals surface area contributed by atoms with Crippen LogP contribution in [0.5, 0.6) is 0 Å². The normalized spacial score (nSPS) is 20.6. The molecule has 5 nitrogen and oxygen atoms in total. The van der Waals surface area contributed by atoms with Gasteiger partial charge in [0.1, 0.15) is 5.82 Å². The van der Waals surface area contributed by atoms with Gasteiger partial charge in [0.15, 0.2) is 0 Å². The number of piperidine rings is 1. The molecule has 0 radical (unpaired) electrons. The van der Waals surface area contributed by atoms with Gasteiger partial charge in [0.25, 0.3) is 5.91 Å². The monoisotopic (exact) mass is 300 g/mol. The highest BCUT2D eigenvalue weighted by atomic mass is 32.2. The molecular weight excluding hydrogens is 283 g/mol. The van der Waals surface area contributed by atoms with E-state index in [0.29, 0.717) is 19.4 Å². The summed E-state index contributed by atoms with van der Waals surface area (Å²) < 4.78 is 37.8. The fourth-order valence-corrected chi connectivity index (χ4v) is 3.18. The molecule has 2 rings (SSSR count). The van der Waals surface area contributed by atoms with Gasteiger partial charge in [-0.05, 0) is 25.0 Å². The Morgan fingerprint density at radius 2 is 2.10 bits per heavy atom. The molecule has 1 fully saturated rings. The molecule has 0 saturated carbocycles. The molecule has 0 spiro atoms. The average Bonchev–Trinajstić information content (AvgIpc) is 2.38. The minimum Gasteiger partial charge on any atom is -0.348 e. The number of carbonyl (C=O) groups excluding carboxylic acids is 1. The molecular formula is C13H17FN2O3S. The molecule has 0 aliphatic carbocycles. The van der Waals surface area contributed by atoms with Crippen molar-refractivity contribution < 1.29 is 17.6 Å². The molecule has 1 unspecified atom stereocenters. The first kappa shape index (κ1) is 14.9. The molecule has 1 aromatic carbocycles. The van der Waals surface area contributed by atoms with Crippen LogP contribution in [0.2, 0.25) is 0 Å². The number of nitrogens with one attached hydrogen (secondary N) is 1. The third-order valence-electron chi connectivity index (χ3n) is 3.31. The zero-order valence-electron chi connectivity index (χ0n) is 11.2. The van der Waals surface area contributed by atoms with Gasteiger partial charge in [0.05, 0.1) is 11.8 Å². The van der Waals surface area contributed by atoms with Gasteiger partial charge < -0.3 is 5.32 Å². The number of rotatable bonds is 3. The average molecular weight is 300 g/mol. The van der Waals surface area contributed by atoms with Crippen molar-refractivity contribution in [2.75, 3.05) is 19.3 Å². The SMILES string of the molecule is CS(=O)(=O)N1CCCC(NC(=O)c2ccccc2F)C1. The summed E-state index contributed by atoms with van der Waals surface area (Å²) in [6.45, 7) is 0.698. The summed E-state index contributed by atoms with van der Waals surface area (Å²) in [6.07, 6.45) is 2.51. The first-order chi connectivity index (χ1) is 9.38. The Bertz CT molecular complexity index is 603. The van der Waals surface area contributed by atoms with E-state index in [0.717, 1.165) is 6.26 Å². The van der Waals surface area contributed by atoms with Crippen LogP contribution < -0.4 is 5.32 Å². The van der Waals surface area contributed by atoms with E-state index in [1.807, 2.05) is 0 Å². The predicted octanol–water partition coefficient (Wildman–Crippen LogP) is 0.979. The lowest BCUT2D eigenvalue weighted by Crippen LogP contribution is -2.49. The second-order valence-corrected chi connectivity index (χ2v) is 6.90.